The highest BCUT2D eigenvalue weighted by Gasteiger charge is 2.35. The third-order valence-electron chi connectivity index (χ3n) is 3.00. The molecule has 0 amide bonds. The van der Waals surface area contributed by atoms with Crippen LogP contribution < -0.4 is 5.84 Å². The van der Waals surface area contributed by atoms with Gasteiger partial charge in [-0.3, -0.25) is 0 Å². The van der Waals surface area contributed by atoms with Gasteiger partial charge in [-0.2, -0.15) is 12.8 Å². The van der Waals surface area contributed by atoms with Crippen LogP contribution in [0.5, 0.6) is 0 Å². The van der Waals surface area contributed by atoms with Crippen molar-refractivity contribution < 1.29 is 8.42 Å². The molecule has 0 fully saturated rings. The molecule has 0 radical (unpaired) electrons. The first-order chi connectivity index (χ1) is 7.85. The Balaban J connectivity index is 2.58. The maximum Gasteiger partial charge on any atom is 0.281 e. The minimum atomic E-state index is -3.61. The molecule has 94 valence electrons. The van der Waals surface area contributed by atoms with E-state index in [2.05, 4.69) is 4.99 Å². The fourth-order valence-corrected chi connectivity index (χ4v) is 3.93. The molecule has 2 heterocycles. The molecule has 1 aromatic heterocycles. The van der Waals surface area contributed by atoms with Gasteiger partial charge in [0.15, 0.2) is 0 Å². The molecule has 7 heteroatoms. The van der Waals surface area contributed by atoms with Crippen LogP contribution in [0.2, 0.25) is 0 Å². The molecule has 2 N–H and O–H groups in total. The fourth-order valence-electron chi connectivity index (χ4n) is 1.55. The summed E-state index contributed by atoms with van der Waals surface area (Å²) >= 11 is 1.31. The molecular formula is C10H15N3O2S2. The van der Waals surface area contributed by atoms with Gasteiger partial charge in [-0.15, -0.1) is 11.3 Å². The van der Waals surface area contributed by atoms with Gasteiger partial charge in [-0.25, -0.2) is 10.8 Å². The minimum Gasteiger partial charge on any atom is -0.232 e. The highest BCUT2D eigenvalue weighted by atomic mass is 32.2. The summed E-state index contributed by atoms with van der Waals surface area (Å²) < 4.78 is 25.1. The zero-order valence-corrected chi connectivity index (χ0v) is 11.5. The second-order valence-corrected chi connectivity index (χ2v) is 7.07. The van der Waals surface area contributed by atoms with Gasteiger partial charge < -0.3 is 0 Å². The normalized spacial score (nSPS) is 20.1. The van der Waals surface area contributed by atoms with E-state index in [1.807, 2.05) is 20.8 Å². The van der Waals surface area contributed by atoms with Crippen LogP contribution in [-0.2, 0) is 10.0 Å². The topological polar surface area (TPSA) is 75.8 Å². The number of hydrazine groups is 1. The predicted molar refractivity (Wildman–Crippen MR) is 68.6 cm³/mol. The number of hydrogen-bond donors (Lipinski definition) is 1. The molecular weight excluding hydrogens is 258 g/mol. The van der Waals surface area contributed by atoms with Crippen LogP contribution in [0.15, 0.2) is 21.3 Å². The van der Waals surface area contributed by atoms with Crippen LogP contribution in [0, 0.1) is 11.8 Å². The summed E-state index contributed by atoms with van der Waals surface area (Å²) in [5.74, 6) is 6.37. The molecule has 0 aromatic carbocycles. The Bertz CT molecular complexity index is 560. The van der Waals surface area contributed by atoms with E-state index in [1.54, 1.807) is 5.38 Å². The van der Waals surface area contributed by atoms with Crippen molar-refractivity contribution in [1.29, 1.82) is 0 Å². The molecule has 1 aromatic rings. The lowest BCUT2D eigenvalue weighted by Gasteiger charge is -2.29. The molecule has 1 atom stereocenters. The van der Waals surface area contributed by atoms with Crippen LogP contribution in [0.4, 0.5) is 5.00 Å². The van der Waals surface area contributed by atoms with Crippen molar-refractivity contribution in [1.82, 2.24) is 4.41 Å². The van der Waals surface area contributed by atoms with Gasteiger partial charge >= 0.3 is 0 Å². The number of nitrogens with zero attached hydrogens (tertiary/aromatic N) is 2. The van der Waals surface area contributed by atoms with Crippen LogP contribution >= 0.6 is 11.3 Å². The lowest BCUT2D eigenvalue weighted by atomic mass is 9.97. The standard InChI is InChI=1S/C10H15N3O2S2/c1-6(2)7(3)9-12-10-8(4-5-16-10)17(14,15)13(9)11/h4-7H,11H2,1-3H3. The average Bonchev–Trinajstić information content (AvgIpc) is 2.71. The second-order valence-electron chi connectivity index (χ2n) is 4.39. The van der Waals surface area contributed by atoms with Crippen molar-refractivity contribution in [2.45, 2.75) is 25.7 Å². The summed E-state index contributed by atoms with van der Waals surface area (Å²) in [6, 6.07) is 1.54. The van der Waals surface area contributed by atoms with Gasteiger partial charge in [0.2, 0.25) is 0 Å². The van der Waals surface area contributed by atoms with Crippen molar-refractivity contribution in [2.24, 2.45) is 22.7 Å². The zero-order chi connectivity index (χ0) is 12.8. The zero-order valence-electron chi connectivity index (χ0n) is 9.91. The SMILES string of the molecule is CC(C)C(C)C1=Nc2sccc2S(=O)(=O)N1N. The molecule has 0 aliphatic carbocycles. The van der Waals surface area contributed by atoms with Crippen LogP contribution in [0.1, 0.15) is 20.8 Å². The van der Waals surface area contributed by atoms with E-state index in [1.165, 1.54) is 17.4 Å². The van der Waals surface area contributed by atoms with E-state index in [-0.39, 0.29) is 16.7 Å². The summed E-state index contributed by atoms with van der Waals surface area (Å²) in [7, 11) is -3.61. The quantitative estimate of drug-likeness (QED) is 0.837. The van der Waals surface area contributed by atoms with Crippen LogP contribution in [0.3, 0.4) is 0 Å². The molecule has 1 aliphatic rings. The van der Waals surface area contributed by atoms with E-state index in [0.29, 0.717) is 10.8 Å². The van der Waals surface area contributed by atoms with Crippen molar-refractivity contribution in [3.8, 4) is 0 Å². The van der Waals surface area contributed by atoms with Gasteiger partial charge in [0.1, 0.15) is 15.7 Å². The fraction of sp³-hybridized carbons (Fsp3) is 0.500. The van der Waals surface area contributed by atoms with Crippen molar-refractivity contribution in [2.75, 3.05) is 0 Å². The Kier molecular flexibility index (Phi) is 3.01. The molecule has 1 unspecified atom stereocenters. The number of sulfonamides is 1. The number of hydrogen-bond acceptors (Lipinski definition) is 5. The lowest BCUT2D eigenvalue weighted by molar-refractivity contribution is 0.466. The van der Waals surface area contributed by atoms with Crippen molar-refractivity contribution in [3.63, 3.8) is 0 Å². The van der Waals surface area contributed by atoms with Gasteiger partial charge in [0.05, 0.1) is 0 Å². The first-order valence-corrected chi connectivity index (χ1v) is 7.63. The second kappa shape index (κ2) is 4.08. The summed E-state index contributed by atoms with van der Waals surface area (Å²) in [6.45, 7) is 5.95. The number of fused-ring (bicyclic) bond motifs is 1. The first-order valence-electron chi connectivity index (χ1n) is 5.31. The smallest absolute Gasteiger partial charge is 0.232 e. The summed E-state index contributed by atoms with van der Waals surface area (Å²) in [4.78, 5) is 4.56. The monoisotopic (exact) mass is 273 g/mol. The maximum atomic E-state index is 12.1. The predicted octanol–water partition coefficient (Wildman–Crippen LogP) is 1.95. The van der Waals surface area contributed by atoms with E-state index < -0.39 is 10.0 Å². The highest BCUT2D eigenvalue weighted by molar-refractivity contribution is 7.90. The average molecular weight is 273 g/mol. The molecule has 0 saturated carbocycles. The maximum absolute atomic E-state index is 12.1. The molecule has 0 spiro atoms. The summed E-state index contributed by atoms with van der Waals surface area (Å²) in [6.07, 6.45) is 0. The number of amidine groups is 1. The Morgan fingerprint density at radius 1 is 1.41 bits per heavy atom. The van der Waals surface area contributed by atoms with Crippen LogP contribution in [-0.4, -0.2) is 18.7 Å². The van der Waals surface area contributed by atoms with Crippen LogP contribution in [0.25, 0.3) is 0 Å². The van der Waals surface area contributed by atoms with E-state index in [4.69, 9.17) is 5.84 Å². The highest BCUT2D eigenvalue weighted by Crippen LogP contribution is 2.37. The van der Waals surface area contributed by atoms with E-state index in [0.717, 1.165) is 4.41 Å². The third-order valence-corrected chi connectivity index (χ3v) is 5.52. The van der Waals surface area contributed by atoms with Gasteiger partial charge in [0.25, 0.3) is 10.0 Å². The van der Waals surface area contributed by atoms with Gasteiger partial charge in [0, 0.05) is 5.92 Å². The first kappa shape index (κ1) is 12.5. The van der Waals surface area contributed by atoms with Crippen molar-refractivity contribution >= 4 is 32.2 Å². The molecule has 0 bridgehead atoms. The lowest BCUT2D eigenvalue weighted by Crippen LogP contribution is -2.47. The Morgan fingerprint density at radius 2 is 2.06 bits per heavy atom. The Labute approximate surface area is 105 Å². The summed E-state index contributed by atoms with van der Waals surface area (Å²) in [5.41, 5.74) is 0. The summed E-state index contributed by atoms with van der Waals surface area (Å²) in [5, 5.41) is 2.23. The molecule has 0 saturated heterocycles. The van der Waals surface area contributed by atoms with Gasteiger partial charge in [-0.1, -0.05) is 20.8 Å². The Morgan fingerprint density at radius 3 is 2.65 bits per heavy atom. The van der Waals surface area contributed by atoms with E-state index in [9.17, 15) is 8.42 Å². The minimum absolute atomic E-state index is 0.00924. The Hall–Kier alpha value is -0.920. The van der Waals surface area contributed by atoms with E-state index >= 15 is 0 Å². The molecule has 1 aliphatic heterocycles. The molecule has 17 heavy (non-hydrogen) atoms. The third kappa shape index (κ3) is 1.88. The molecule has 2 rings (SSSR count). The van der Waals surface area contributed by atoms with Crippen molar-refractivity contribution in [3.05, 3.63) is 11.4 Å². The largest absolute Gasteiger partial charge is 0.281 e. The number of aliphatic imine (C=N–C) groups is 1. The number of thiophene rings is 1. The number of nitrogens with two attached hydrogens (primary N) is 1. The molecule has 5 nitrogen and oxygen atoms in total. The number of rotatable bonds is 2. The van der Waals surface area contributed by atoms with Gasteiger partial charge in [-0.05, 0) is 17.4 Å².